The second kappa shape index (κ2) is 8.21. The first kappa shape index (κ1) is 19.8. The summed E-state index contributed by atoms with van der Waals surface area (Å²) in [5, 5.41) is 12.2. The highest BCUT2D eigenvalue weighted by atomic mass is 16.4. The summed E-state index contributed by atoms with van der Waals surface area (Å²) >= 11 is 0. The van der Waals surface area contributed by atoms with Crippen molar-refractivity contribution < 1.29 is 19.5 Å². The van der Waals surface area contributed by atoms with Crippen LogP contribution in [0.1, 0.15) is 35.6 Å². The number of amides is 3. The maximum absolute atomic E-state index is 12.6. The van der Waals surface area contributed by atoms with E-state index < -0.39 is 12.0 Å². The van der Waals surface area contributed by atoms with Gasteiger partial charge in [-0.05, 0) is 43.4 Å². The van der Waals surface area contributed by atoms with E-state index in [9.17, 15) is 19.5 Å². The number of hydrogen-bond acceptors (Lipinski definition) is 3. The van der Waals surface area contributed by atoms with Crippen LogP contribution in [0.25, 0.3) is 0 Å². The second-order valence-electron chi connectivity index (χ2n) is 7.06. The number of rotatable bonds is 4. The minimum Gasteiger partial charge on any atom is -0.479 e. The lowest BCUT2D eigenvalue weighted by Crippen LogP contribution is -2.47. The summed E-state index contributed by atoms with van der Waals surface area (Å²) in [5.41, 5.74) is 2.62. The molecule has 1 aliphatic heterocycles. The highest BCUT2D eigenvalue weighted by Gasteiger charge is 2.31. The fourth-order valence-electron chi connectivity index (χ4n) is 3.11. The monoisotopic (exact) mass is 361 g/mol. The molecule has 0 aromatic heterocycles. The number of benzene rings is 1. The Balaban J connectivity index is 2.01. The second-order valence-corrected chi connectivity index (χ2v) is 7.06. The maximum atomic E-state index is 12.6. The molecule has 2 rings (SSSR count). The van der Waals surface area contributed by atoms with Crippen molar-refractivity contribution in [3.05, 3.63) is 34.9 Å². The quantitative estimate of drug-likeness (QED) is 0.858. The van der Waals surface area contributed by atoms with E-state index in [0.717, 1.165) is 11.1 Å². The Morgan fingerprint density at radius 1 is 1.15 bits per heavy atom. The van der Waals surface area contributed by atoms with E-state index in [1.54, 1.807) is 31.1 Å². The van der Waals surface area contributed by atoms with Crippen molar-refractivity contribution in [2.24, 2.45) is 5.92 Å². The molecule has 1 saturated heterocycles. The van der Waals surface area contributed by atoms with Gasteiger partial charge < -0.3 is 20.2 Å². The van der Waals surface area contributed by atoms with Crippen LogP contribution in [-0.2, 0) is 9.59 Å². The Labute approximate surface area is 154 Å². The summed E-state index contributed by atoms with van der Waals surface area (Å²) in [6, 6.07) is 4.26. The number of aryl methyl sites for hydroxylation is 2. The molecule has 3 amide bonds. The number of likely N-dealkylation sites (tertiary alicyclic amines) is 1. The van der Waals surface area contributed by atoms with Crippen LogP contribution < -0.4 is 5.32 Å². The van der Waals surface area contributed by atoms with Crippen molar-refractivity contribution in [2.75, 3.05) is 27.2 Å². The molecule has 142 valence electrons. The van der Waals surface area contributed by atoms with Gasteiger partial charge in [0, 0.05) is 33.1 Å². The van der Waals surface area contributed by atoms with Gasteiger partial charge in [-0.3, -0.25) is 4.79 Å². The van der Waals surface area contributed by atoms with Gasteiger partial charge in [0.2, 0.25) is 5.91 Å². The van der Waals surface area contributed by atoms with E-state index >= 15 is 0 Å². The predicted octanol–water partition coefficient (Wildman–Crippen LogP) is 1.94. The molecule has 1 atom stereocenters. The Kier molecular flexibility index (Phi) is 6.23. The van der Waals surface area contributed by atoms with Crippen LogP contribution in [0.2, 0.25) is 0 Å². The smallest absolute Gasteiger partial charge is 0.330 e. The Bertz CT molecular complexity index is 694. The number of carbonyl (C=O) groups excluding carboxylic acids is 2. The molecule has 0 bridgehead atoms. The molecule has 0 aliphatic carbocycles. The first-order valence-corrected chi connectivity index (χ1v) is 8.77. The van der Waals surface area contributed by atoms with E-state index in [2.05, 4.69) is 5.32 Å². The van der Waals surface area contributed by atoms with Crippen LogP contribution in [-0.4, -0.2) is 60.0 Å². The first-order valence-electron chi connectivity index (χ1n) is 8.77. The molecule has 1 aliphatic rings. The van der Waals surface area contributed by atoms with Crippen LogP contribution in [0, 0.1) is 19.8 Å². The molecule has 1 aromatic carbocycles. The number of carboxylic acid groups (broad SMARTS) is 1. The van der Waals surface area contributed by atoms with Crippen LogP contribution in [0.15, 0.2) is 18.2 Å². The Morgan fingerprint density at radius 2 is 1.77 bits per heavy atom. The molecule has 1 heterocycles. The van der Waals surface area contributed by atoms with Crippen molar-refractivity contribution in [3.63, 3.8) is 0 Å². The SMILES string of the molecule is Cc1ccc(C(NC(=O)C2CCN(C(=O)N(C)C)CC2)C(=O)O)cc1C. The number of carbonyl (C=O) groups is 3. The number of nitrogens with zero attached hydrogens (tertiary/aromatic N) is 2. The highest BCUT2D eigenvalue weighted by molar-refractivity contribution is 5.86. The number of urea groups is 1. The first-order chi connectivity index (χ1) is 12.2. The minimum atomic E-state index is -1.08. The summed E-state index contributed by atoms with van der Waals surface area (Å²) in [4.78, 5) is 39.4. The minimum absolute atomic E-state index is 0.0672. The van der Waals surface area contributed by atoms with Crippen molar-refractivity contribution in [1.29, 1.82) is 0 Å². The van der Waals surface area contributed by atoms with Gasteiger partial charge in [0.25, 0.3) is 0 Å². The molecule has 0 saturated carbocycles. The summed E-state index contributed by atoms with van der Waals surface area (Å²) < 4.78 is 0. The van der Waals surface area contributed by atoms with Crippen molar-refractivity contribution in [3.8, 4) is 0 Å². The van der Waals surface area contributed by atoms with E-state index in [1.165, 1.54) is 4.90 Å². The van der Waals surface area contributed by atoms with E-state index in [-0.39, 0.29) is 17.9 Å². The van der Waals surface area contributed by atoms with Crippen molar-refractivity contribution in [1.82, 2.24) is 15.1 Å². The van der Waals surface area contributed by atoms with Gasteiger partial charge in [0.15, 0.2) is 6.04 Å². The van der Waals surface area contributed by atoms with Crippen LogP contribution in [0.5, 0.6) is 0 Å². The number of nitrogens with one attached hydrogen (secondary N) is 1. The molecule has 2 N–H and O–H groups in total. The maximum Gasteiger partial charge on any atom is 0.330 e. The molecule has 1 fully saturated rings. The molecule has 1 aromatic rings. The zero-order valence-corrected chi connectivity index (χ0v) is 15.8. The van der Waals surface area contributed by atoms with Gasteiger partial charge in [-0.1, -0.05) is 18.2 Å². The number of carboxylic acids is 1. The summed E-state index contributed by atoms with van der Waals surface area (Å²) in [7, 11) is 3.39. The van der Waals surface area contributed by atoms with Gasteiger partial charge in [-0.2, -0.15) is 0 Å². The zero-order chi connectivity index (χ0) is 19.4. The molecule has 7 nitrogen and oxygen atoms in total. The predicted molar refractivity (Wildman–Crippen MR) is 97.8 cm³/mol. The largest absolute Gasteiger partial charge is 0.479 e. The summed E-state index contributed by atoms with van der Waals surface area (Å²) in [5.74, 6) is -1.64. The van der Waals surface area contributed by atoms with E-state index in [4.69, 9.17) is 0 Å². The fraction of sp³-hybridized carbons (Fsp3) is 0.526. The summed E-state index contributed by atoms with van der Waals surface area (Å²) in [6.45, 7) is 4.86. The third-order valence-corrected chi connectivity index (χ3v) is 4.92. The lowest BCUT2D eigenvalue weighted by Gasteiger charge is -2.33. The lowest BCUT2D eigenvalue weighted by atomic mass is 9.94. The van der Waals surface area contributed by atoms with E-state index in [0.29, 0.717) is 31.5 Å². The van der Waals surface area contributed by atoms with Gasteiger partial charge in [0.1, 0.15) is 0 Å². The van der Waals surface area contributed by atoms with Crippen molar-refractivity contribution >= 4 is 17.9 Å². The topological polar surface area (TPSA) is 90.0 Å². The third-order valence-electron chi connectivity index (χ3n) is 4.92. The lowest BCUT2D eigenvalue weighted by molar-refractivity contribution is -0.143. The third kappa shape index (κ3) is 4.53. The molecule has 1 unspecified atom stereocenters. The molecule has 0 radical (unpaired) electrons. The normalized spacial score (nSPS) is 16.1. The average Bonchev–Trinajstić information content (AvgIpc) is 2.61. The standard InChI is InChI=1S/C19H27N3O4/c1-12-5-6-15(11-13(12)2)16(18(24)25)20-17(23)14-7-9-22(10-8-14)19(26)21(3)4/h5-6,11,14,16H,7-10H2,1-4H3,(H,20,23)(H,24,25). The molecule has 0 spiro atoms. The molecule has 26 heavy (non-hydrogen) atoms. The van der Waals surface area contributed by atoms with Crippen LogP contribution in [0.3, 0.4) is 0 Å². The van der Waals surface area contributed by atoms with Gasteiger partial charge in [-0.15, -0.1) is 0 Å². The average molecular weight is 361 g/mol. The van der Waals surface area contributed by atoms with Crippen LogP contribution in [0.4, 0.5) is 4.79 Å². The summed E-state index contributed by atoms with van der Waals surface area (Å²) in [6.07, 6.45) is 1.06. The van der Waals surface area contributed by atoms with Gasteiger partial charge >= 0.3 is 12.0 Å². The number of piperidine rings is 1. The highest BCUT2D eigenvalue weighted by Crippen LogP contribution is 2.22. The van der Waals surface area contributed by atoms with Crippen molar-refractivity contribution in [2.45, 2.75) is 32.7 Å². The molecule has 7 heteroatoms. The van der Waals surface area contributed by atoms with Crippen LogP contribution >= 0.6 is 0 Å². The fourth-order valence-corrected chi connectivity index (χ4v) is 3.11. The molecular formula is C19H27N3O4. The number of aliphatic carboxylic acids is 1. The molecular weight excluding hydrogens is 334 g/mol. The van der Waals surface area contributed by atoms with E-state index in [1.807, 2.05) is 19.9 Å². The van der Waals surface area contributed by atoms with Gasteiger partial charge in [-0.25, -0.2) is 9.59 Å². The van der Waals surface area contributed by atoms with Gasteiger partial charge in [0.05, 0.1) is 0 Å². The Morgan fingerprint density at radius 3 is 2.27 bits per heavy atom. The zero-order valence-electron chi connectivity index (χ0n) is 15.8. The number of hydrogen-bond donors (Lipinski definition) is 2. The Hall–Kier alpha value is -2.57.